The zero-order valence-electron chi connectivity index (χ0n) is 10.0. The Labute approximate surface area is 104 Å². The summed E-state index contributed by atoms with van der Waals surface area (Å²) in [5.41, 5.74) is 5.34. The quantitative estimate of drug-likeness (QED) is 0.797. The van der Waals surface area contributed by atoms with E-state index in [0.29, 0.717) is 0 Å². The van der Waals surface area contributed by atoms with E-state index in [9.17, 15) is 13.6 Å². The maximum atomic E-state index is 13.5. The molecule has 1 aromatic carbocycles. The summed E-state index contributed by atoms with van der Waals surface area (Å²) in [7, 11) is 0. The molecule has 1 amide bonds. The number of anilines is 2. The van der Waals surface area contributed by atoms with Gasteiger partial charge in [0, 0.05) is 5.92 Å². The van der Waals surface area contributed by atoms with Crippen molar-refractivity contribution < 1.29 is 13.6 Å². The van der Waals surface area contributed by atoms with Gasteiger partial charge in [-0.1, -0.05) is 19.3 Å². The second-order valence-electron chi connectivity index (χ2n) is 4.65. The third-order valence-electron chi connectivity index (χ3n) is 3.35. The first kappa shape index (κ1) is 12.8. The van der Waals surface area contributed by atoms with Crippen molar-refractivity contribution in [2.45, 2.75) is 32.1 Å². The van der Waals surface area contributed by atoms with Crippen LogP contribution in [0.1, 0.15) is 32.1 Å². The molecule has 3 nitrogen and oxygen atoms in total. The Morgan fingerprint density at radius 2 is 1.89 bits per heavy atom. The molecule has 1 aliphatic carbocycles. The fourth-order valence-electron chi connectivity index (χ4n) is 2.28. The van der Waals surface area contributed by atoms with Gasteiger partial charge in [0.25, 0.3) is 0 Å². The lowest BCUT2D eigenvalue weighted by atomic mass is 9.88. The number of amides is 1. The molecule has 1 aliphatic rings. The van der Waals surface area contributed by atoms with Crippen LogP contribution >= 0.6 is 0 Å². The molecule has 0 heterocycles. The van der Waals surface area contributed by atoms with Crippen LogP contribution in [0, 0.1) is 17.6 Å². The van der Waals surface area contributed by atoms with Gasteiger partial charge in [0.15, 0.2) is 11.6 Å². The van der Waals surface area contributed by atoms with Crippen molar-refractivity contribution in [1.82, 2.24) is 0 Å². The van der Waals surface area contributed by atoms with Crippen molar-refractivity contribution in [2.75, 3.05) is 11.1 Å². The smallest absolute Gasteiger partial charge is 0.227 e. The lowest BCUT2D eigenvalue weighted by Gasteiger charge is -2.21. The second-order valence-corrected chi connectivity index (χ2v) is 4.65. The lowest BCUT2D eigenvalue weighted by molar-refractivity contribution is -0.120. The van der Waals surface area contributed by atoms with Gasteiger partial charge in [-0.3, -0.25) is 4.79 Å². The first-order valence-electron chi connectivity index (χ1n) is 6.14. The number of hydrogen-bond acceptors (Lipinski definition) is 2. The van der Waals surface area contributed by atoms with Crippen LogP contribution in [0.2, 0.25) is 0 Å². The Morgan fingerprint density at radius 1 is 1.22 bits per heavy atom. The molecule has 98 valence electrons. The van der Waals surface area contributed by atoms with Gasteiger partial charge >= 0.3 is 0 Å². The van der Waals surface area contributed by atoms with Gasteiger partial charge in [-0.25, -0.2) is 8.78 Å². The number of rotatable bonds is 2. The highest BCUT2D eigenvalue weighted by Crippen LogP contribution is 2.28. The van der Waals surface area contributed by atoms with E-state index in [1.165, 1.54) is 6.07 Å². The molecule has 0 radical (unpaired) electrons. The van der Waals surface area contributed by atoms with Crippen LogP contribution in [-0.4, -0.2) is 5.91 Å². The number of carbonyl (C=O) groups excluding carboxylic acids is 1. The normalized spacial score (nSPS) is 16.6. The SMILES string of the molecule is Nc1ccc(F)c(F)c1NC(=O)C1CCCCC1. The van der Waals surface area contributed by atoms with Gasteiger partial charge in [0.2, 0.25) is 5.91 Å². The minimum absolute atomic E-state index is 0.0399. The molecule has 0 unspecified atom stereocenters. The number of benzene rings is 1. The van der Waals surface area contributed by atoms with Crippen LogP contribution in [0.15, 0.2) is 12.1 Å². The average Bonchev–Trinajstić information content (AvgIpc) is 2.40. The zero-order chi connectivity index (χ0) is 13.1. The van der Waals surface area contributed by atoms with Crippen LogP contribution in [0.3, 0.4) is 0 Å². The maximum Gasteiger partial charge on any atom is 0.227 e. The monoisotopic (exact) mass is 254 g/mol. The Bertz CT molecular complexity index is 457. The summed E-state index contributed by atoms with van der Waals surface area (Å²) < 4.78 is 26.6. The van der Waals surface area contributed by atoms with E-state index in [4.69, 9.17) is 5.73 Å². The first-order chi connectivity index (χ1) is 8.59. The Hall–Kier alpha value is -1.65. The minimum Gasteiger partial charge on any atom is -0.397 e. The molecule has 3 N–H and O–H groups in total. The summed E-state index contributed by atoms with van der Waals surface area (Å²) in [6.45, 7) is 0. The highest BCUT2D eigenvalue weighted by Gasteiger charge is 2.23. The maximum absolute atomic E-state index is 13.5. The molecule has 0 atom stereocenters. The Morgan fingerprint density at radius 3 is 2.56 bits per heavy atom. The molecule has 2 rings (SSSR count). The van der Waals surface area contributed by atoms with E-state index in [-0.39, 0.29) is 23.2 Å². The van der Waals surface area contributed by atoms with Crippen LogP contribution in [0.4, 0.5) is 20.2 Å². The first-order valence-corrected chi connectivity index (χ1v) is 6.14. The summed E-state index contributed by atoms with van der Waals surface area (Å²) in [6.07, 6.45) is 4.71. The molecule has 1 saturated carbocycles. The summed E-state index contributed by atoms with van der Waals surface area (Å²) in [4.78, 5) is 11.9. The predicted octanol–water partition coefficient (Wildman–Crippen LogP) is 3.07. The number of nitrogens with one attached hydrogen (secondary N) is 1. The molecular weight excluding hydrogens is 238 g/mol. The van der Waals surface area contributed by atoms with Crippen molar-refractivity contribution >= 4 is 17.3 Å². The molecule has 0 spiro atoms. The second kappa shape index (κ2) is 5.33. The summed E-state index contributed by atoms with van der Waals surface area (Å²) in [5.74, 6) is -2.51. The van der Waals surface area contributed by atoms with E-state index in [2.05, 4.69) is 5.32 Å². The molecule has 0 bridgehead atoms. The summed E-state index contributed by atoms with van der Waals surface area (Å²) in [5, 5.41) is 2.41. The van der Waals surface area contributed by atoms with Gasteiger partial charge in [-0.05, 0) is 25.0 Å². The van der Waals surface area contributed by atoms with Gasteiger partial charge in [-0.15, -0.1) is 0 Å². The van der Waals surface area contributed by atoms with Crippen LogP contribution < -0.4 is 11.1 Å². The van der Waals surface area contributed by atoms with Crippen LogP contribution in [0.25, 0.3) is 0 Å². The van der Waals surface area contributed by atoms with E-state index in [1.807, 2.05) is 0 Å². The van der Waals surface area contributed by atoms with Crippen LogP contribution in [-0.2, 0) is 4.79 Å². The number of nitrogen functional groups attached to an aromatic ring is 1. The van der Waals surface area contributed by atoms with Crippen molar-refractivity contribution in [2.24, 2.45) is 5.92 Å². The van der Waals surface area contributed by atoms with Gasteiger partial charge in [0.05, 0.1) is 5.69 Å². The highest BCUT2D eigenvalue weighted by molar-refractivity contribution is 5.95. The van der Waals surface area contributed by atoms with Gasteiger partial charge in [0.1, 0.15) is 5.69 Å². The standard InChI is InChI=1S/C13H16F2N2O/c14-9-6-7-10(16)12(11(9)15)17-13(18)8-4-2-1-3-5-8/h6-8H,1-5,16H2,(H,17,18). The van der Waals surface area contributed by atoms with Crippen molar-refractivity contribution in [3.8, 4) is 0 Å². The van der Waals surface area contributed by atoms with E-state index >= 15 is 0 Å². The number of nitrogens with two attached hydrogens (primary N) is 1. The Kier molecular flexibility index (Phi) is 3.79. The van der Waals surface area contributed by atoms with E-state index in [1.54, 1.807) is 0 Å². The molecule has 0 saturated heterocycles. The molecule has 5 heteroatoms. The summed E-state index contributed by atoms with van der Waals surface area (Å²) in [6, 6.07) is 2.19. The average molecular weight is 254 g/mol. The number of carbonyl (C=O) groups is 1. The molecule has 1 aromatic rings. The molecular formula is C13H16F2N2O. The van der Waals surface area contributed by atoms with E-state index in [0.717, 1.165) is 38.2 Å². The van der Waals surface area contributed by atoms with Crippen molar-refractivity contribution in [3.05, 3.63) is 23.8 Å². The van der Waals surface area contributed by atoms with Crippen LogP contribution in [0.5, 0.6) is 0 Å². The topological polar surface area (TPSA) is 55.1 Å². The predicted molar refractivity (Wildman–Crippen MR) is 66.0 cm³/mol. The fourth-order valence-corrected chi connectivity index (χ4v) is 2.28. The van der Waals surface area contributed by atoms with Gasteiger partial charge in [-0.2, -0.15) is 0 Å². The molecule has 0 aromatic heterocycles. The summed E-state index contributed by atoms with van der Waals surface area (Å²) >= 11 is 0. The number of hydrogen-bond donors (Lipinski definition) is 2. The fraction of sp³-hybridized carbons (Fsp3) is 0.462. The number of halogens is 2. The van der Waals surface area contributed by atoms with Crippen molar-refractivity contribution in [3.63, 3.8) is 0 Å². The van der Waals surface area contributed by atoms with Gasteiger partial charge < -0.3 is 11.1 Å². The molecule has 1 fully saturated rings. The van der Waals surface area contributed by atoms with E-state index < -0.39 is 11.6 Å². The van der Waals surface area contributed by atoms with Crippen molar-refractivity contribution in [1.29, 1.82) is 0 Å². The Balaban J connectivity index is 2.13. The largest absolute Gasteiger partial charge is 0.397 e. The third-order valence-corrected chi connectivity index (χ3v) is 3.35. The highest BCUT2D eigenvalue weighted by atomic mass is 19.2. The zero-order valence-corrected chi connectivity index (χ0v) is 10.0. The molecule has 18 heavy (non-hydrogen) atoms. The molecule has 0 aliphatic heterocycles. The lowest BCUT2D eigenvalue weighted by Crippen LogP contribution is -2.25. The minimum atomic E-state index is -1.10. The third kappa shape index (κ3) is 2.60.